The molecule has 5 rings (SSSR count). The summed E-state index contributed by atoms with van der Waals surface area (Å²) in [7, 11) is 1.95. The van der Waals surface area contributed by atoms with Gasteiger partial charge in [0.1, 0.15) is 0 Å². The highest BCUT2D eigenvalue weighted by Crippen LogP contribution is 2.31. The van der Waals surface area contributed by atoms with Gasteiger partial charge in [-0.3, -0.25) is 9.69 Å². The molecule has 29 heavy (non-hydrogen) atoms. The molecule has 0 atom stereocenters. The zero-order chi connectivity index (χ0) is 19.8. The number of anilines is 2. The Labute approximate surface area is 170 Å². The second-order valence-electron chi connectivity index (χ2n) is 8.01. The molecular formula is C23H25N5O. The minimum atomic E-state index is 0.243. The Kier molecular flexibility index (Phi) is 4.64. The maximum Gasteiger partial charge on any atom is 0.159 e. The van der Waals surface area contributed by atoms with Gasteiger partial charge in [0, 0.05) is 51.6 Å². The minimum absolute atomic E-state index is 0.243. The largest absolute Gasteiger partial charge is 0.368 e. The van der Waals surface area contributed by atoms with Crippen LogP contribution in [0.2, 0.25) is 0 Å². The van der Waals surface area contributed by atoms with Crippen LogP contribution in [0.15, 0.2) is 48.8 Å². The second-order valence-corrected chi connectivity index (χ2v) is 8.01. The number of fused-ring (bicyclic) bond motifs is 3. The van der Waals surface area contributed by atoms with Crippen LogP contribution in [0.5, 0.6) is 0 Å². The molecule has 4 heterocycles. The molecule has 0 amide bonds. The molecule has 1 fully saturated rings. The van der Waals surface area contributed by atoms with E-state index in [-0.39, 0.29) is 5.78 Å². The van der Waals surface area contributed by atoms with Crippen molar-refractivity contribution in [1.82, 2.24) is 14.9 Å². The summed E-state index contributed by atoms with van der Waals surface area (Å²) in [5, 5.41) is 1.01. The zero-order valence-electron chi connectivity index (χ0n) is 16.7. The van der Waals surface area contributed by atoms with Gasteiger partial charge in [-0.25, -0.2) is 9.97 Å². The molecule has 2 aliphatic heterocycles. The summed E-state index contributed by atoms with van der Waals surface area (Å²) in [6, 6.07) is 12.8. The Hall–Kier alpha value is -2.99. The lowest BCUT2D eigenvalue weighted by Crippen LogP contribution is -2.46. The highest BCUT2D eigenvalue weighted by atomic mass is 16.1. The highest BCUT2D eigenvalue weighted by Gasteiger charge is 2.24. The van der Waals surface area contributed by atoms with E-state index in [4.69, 9.17) is 0 Å². The summed E-state index contributed by atoms with van der Waals surface area (Å²) in [6.45, 7) is 5.45. The molecule has 0 unspecified atom stereocenters. The van der Waals surface area contributed by atoms with Crippen molar-refractivity contribution in [1.29, 1.82) is 0 Å². The average molecular weight is 387 g/mol. The van der Waals surface area contributed by atoms with Gasteiger partial charge in [0.2, 0.25) is 0 Å². The fraction of sp³-hybridized carbons (Fsp3) is 0.348. The van der Waals surface area contributed by atoms with Crippen molar-refractivity contribution in [3.05, 3.63) is 59.9 Å². The Morgan fingerprint density at radius 3 is 2.55 bits per heavy atom. The number of piperazine rings is 1. The van der Waals surface area contributed by atoms with E-state index in [0.717, 1.165) is 60.7 Å². The standard InChI is InChI=1S/C23H25N5O/c1-26-16-19(29)12-20-21-11-18(13-24-23(21)25-14-22(20)26)28-9-7-27(8-10-28)15-17-5-3-2-4-6-17/h2-6,11,13-14H,7-10,12,15-16H2,1H3. The van der Waals surface area contributed by atoms with Crippen LogP contribution in [0, 0.1) is 0 Å². The van der Waals surface area contributed by atoms with Crippen molar-refractivity contribution in [2.75, 3.05) is 49.6 Å². The lowest BCUT2D eigenvalue weighted by atomic mass is 9.99. The quantitative estimate of drug-likeness (QED) is 0.688. The monoisotopic (exact) mass is 387 g/mol. The van der Waals surface area contributed by atoms with E-state index >= 15 is 0 Å². The maximum atomic E-state index is 12.2. The number of carbonyl (C=O) groups excluding carboxylic acids is 1. The van der Waals surface area contributed by atoms with Crippen molar-refractivity contribution < 1.29 is 4.79 Å². The predicted octanol–water partition coefficient (Wildman–Crippen LogP) is 2.51. The summed E-state index contributed by atoms with van der Waals surface area (Å²) in [6.07, 6.45) is 4.23. The number of rotatable bonds is 3. The average Bonchev–Trinajstić information content (AvgIpc) is 2.74. The van der Waals surface area contributed by atoms with Crippen molar-refractivity contribution in [3.8, 4) is 0 Å². The predicted molar refractivity (Wildman–Crippen MR) is 115 cm³/mol. The van der Waals surface area contributed by atoms with Gasteiger partial charge in [-0.15, -0.1) is 0 Å². The molecular weight excluding hydrogens is 362 g/mol. The Morgan fingerprint density at radius 2 is 1.76 bits per heavy atom. The third-order valence-corrected chi connectivity index (χ3v) is 5.98. The molecule has 0 spiro atoms. The molecule has 3 aromatic rings. The highest BCUT2D eigenvalue weighted by molar-refractivity contribution is 5.97. The number of Topliss-reactive ketones (excluding diaryl/α,β-unsaturated/α-hetero) is 1. The molecule has 6 nitrogen and oxygen atoms in total. The summed E-state index contributed by atoms with van der Waals surface area (Å²) >= 11 is 0. The van der Waals surface area contributed by atoms with Crippen molar-refractivity contribution in [2.45, 2.75) is 13.0 Å². The number of aromatic nitrogens is 2. The molecule has 0 N–H and O–H groups in total. The van der Waals surface area contributed by atoms with Gasteiger partial charge in [-0.1, -0.05) is 30.3 Å². The number of likely N-dealkylation sites (N-methyl/N-ethyl adjacent to an activating group) is 1. The molecule has 2 aliphatic rings. The topological polar surface area (TPSA) is 52.6 Å². The van der Waals surface area contributed by atoms with E-state index in [2.05, 4.69) is 56.2 Å². The van der Waals surface area contributed by atoms with E-state index in [1.54, 1.807) is 0 Å². The molecule has 1 aromatic carbocycles. The van der Waals surface area contributed by atoms with Crippen molar-refractivity contribution >= 4 is 28.2 Å². The summed E-state index contributed by atoms with van der Waals surface area (Å²) < 4.78 is 0. The Balaban J connectivity index is 1.36. The van der Waals surface area contributed by atoms with Crippen molar-refractivity contribution in [3.63, 3.8) is 0 Å². The van der Waals surface area contributed by atoms with Crippen LogP contribution >= 0.6 is 0 Å². The van der Waals surface area contributed by atoms with Gasteiger partial charge in [-0.2, -0.15) is 0 Å². The Bertz CT molecular complexity index is 1040. The number of ketones is 1. The third-order valence-electron chi connectivity index (χ3n) is 5.98. The first-order valence-electron chi connectivity index (χ1n) is 10.2. The number of hydrogen-bond donors (Lipinski definition) is 0. The lowest BCUT2D eigenvalue weighted by Gasteiger charge is -2.36. The van der Waals surface area contributed by atoms with E-state index < -0.39 is 0 Å². The van der Waals surface area contributed by atoms with Gasteiger partial charge in [0.05, 0.1) is 30.3 Å². The first-order chi connectivity index (χ1) is 14.2. The SMILES string of the molecule is CN1CC(=O)Cc2c1cnc1ncc(N3CCN(Cc4ccccc4)CC3)cc21. The van der Waals surface area contributed by atoms with Crippen LogP contribution in [-0.4, -0.2) is 60.4 Å². The first-order valence-corrected chi connectivity index (χ1v) is 10.2. The summed E-state index contributed by atoms with van der Waals surface area (Å²) in [4.78, 5) is 28.2. The van der Waals surface area contributed by atoms with Crippen LogP contribution in [0.3, 0.4) is 0 Å². The number of benzene rings is 1. The van der Waals surface area contributed by atoms with Gasteiger partial charge in [0.25, 0.3) is 0 Å². The van der Waals surface area contributed by atoms with Crippen LogP contribution in [0.4, 0.5) is 11.4 Å². The molecule has 6 heteroatoms. The fourth-order valence-corrected chi connectivity index (χ4v) is 4.41. The molecule has 0 aliphatic carbocycles. The number of carbonyl (C=O) groups is 1. The maximum absolute atomic E-state index is 12.2. The van der Waals surface area contributed by atoms with Gasteiger partial charge < -0.3 is 9.80 Å². The summed E-state index contributed by atoms with van der Waals surface area (Å²) in [5.74, 6) is 0.243. The fourth-order valence-electron chi connectivity index (χ4n) is 4.41. The first kappa shape index (κ1) is 18.1. The molecule has 0 radical (unpaired) electrons. The number of hydrogen-bond acceptors (Lipinski definition) is 6. The number of nitrogens with zero attached hydrogens (tertiary/aromatic N) is 5. The third kappa shape index (κ3) is 3.56. The van der Waals surface area contributed by atoms with Gasteiger partial charge in [-0.05, 0) is 17.2 Å². The van der Waals surface area contributed by atoms with Gasteiger partial charge in [0.15, 0.2) is 11.4 Å². The summed E-state index contributed by atoms with van der Waals surface area (Å²) in [5.41, 5.74) is 5.31. The number of pyridine rings is 2. The van der Waals surface area contributed by atoms with E-state index in [1.807, 2.05) is 24.3 Å². The van der Waals surface area contributed by atoms with E-state index in [0.29, 0.717) is 13.0 Å². The normalized spacial score (nSPS) is 17.6. The smallest absolute Gasteiger partial charge is 0.159 e. The zero-order valence-corrected chi connectivity index (χ0v) is 16.7. The van der Waals surface area contributed by atoms with Crippen LogP contribution in [0.1, 0.15) is 11.1 Å². The molecule has 1 saturated heterocycles. The van der Waals surface area contributed by atoms with Crippen LogP contribution < -0.4 is 9.80 Å². The Morgan fingerprint density at radius 1 is 1.00 bits per heavy atom. The second kappa shape index (κ2) is 7.44. The van der Waals surface area contributed by atoms with Gasteiger partial charge >= 0.3 is 0 Å². The lowest BCUT2D eigenvalue weighted by molar-refractivity contribution is -0.117. The van der Waals surface area contributed by atoms with Crippen molar-refractivity contribution in [2.24, 2.45) is 0 Å². The van der Waals surface area contributed by atoms with E-state index in [9.17, 15) is 4.79 Å². The van der Waals surface area contributed by atoms with Crippen LogP contribution in [-0.2, 0) is 17.8 Å². The molecule has 0 bridgehead atoms. The minimum Gasteiger partial charge on any atom is -0.368 e. The molecule has 148 valence electrons. The molecule has 2 aromatic heterocycles. The van der Waals surface area contributed by atoms with Crippen LogP contribution in [0.25, 0.3) is 11.0 Å². The van der Waals surface area contributed by atoms with E-state index in [1.165, 1.54) is 5.56 Å². The molecule has 0 saturated carbocycles.